The van der Waals surface area contributed by atoms with Crippen molar-refractivity contribution in [3.63, 3.8) is 0 Å². The van der Waals surface area contributed by atoms with E-state index in [0.29, 0.717) is 0 Å². The minimum absolute atomic E-state index is 0.170. The van der Waals surface area contributed by atoms with E-state index in [1.54, 1.807) is 35.4 Å². The number of nitrogens with two attached hydrogens (primary N) is 1. The van der Waals surface area contributed by atoms with Crippen LogP contribution in [0, 0.1) is 0 Å². The molecule has 8 nitrogen and oxygen atoms in total. The molecule has 3 aromatic heterocycles. The maximum atomic E-state index is 10.3. The largest absolute Gasteiger partial charge is 0.508 e. The molecular formula is C24H23N7O. The summed E-state index contributed by atoms with van der Waals surface area (Å²) in [6.07, 6.45) is 7.01. The zero-order valence-electron chi connectivity index (χ0n) is 18.1. The van der Waals surface area contributed by atoms with E-state index >= 15 is 0 Å². The Morgan fingerprint density at radius 1 is 0.969 bits per heavy atom. The fourth-order valence-electron chi connectivity index (χ4n) is 3.92. The minimum atomic E-state index is -0.261. The van der Waals surface area contributed by atoms with Gasteiger partial charge < -0.3 is 15.4 Å². The van der Waals surface area contributed by atoms with Crippen molar-refractivity contribution in [2.45, 2.75) is 26.3 Å². The highest BCUT2D eigenvalue weighted by Crippen LogP contribution is 2.36. The number of benzene rings is 2. The lowest BCUT2D eigenvalue weighted by Gasteiger charge is -2.25. The Labute approximate surface area is 185 Å². The smallest absolute Gasteiger partial charge is 0.219 e. The molecule has 0 unspecified atom stereocenters. The summed E-state index contributed by atoms with van der Waals surface area (Å²) in [6, 6.07) is 13.2. The summed E-state index contributed by atoms with van der Waals surface area (Å²) in [5.41, 5.74) is 10.6. The fraction of sp³-hybridized carbons (Fsp3) is 0.167. The van der Waals surface area contributed by atoms with E-state index in [2.05, 4.69) is 46.5 Å². The summed E-state index contributed by atoms with van der Waals surface area (Å²) in [4.78, 5) is 13.2. The summed E-state index contributed by atoms with van der Waals surface area (Å²) in [5.74, 6) is 1.16. The number of aromatic nitrogens is 6. The summed E-state index contributed by atoms with van der Waals surface area (Å²) in [5, 5.41) is 14.7. The Kier molecular flexibility index (Phi) is 4.44. The second kappa shape index (κ2) is 7.19. The van der Waals surface area contributed by atoms with Gasteiger partial charge in [0.15, 0.2) is 0 Å². The number of phenolic OH excluding ortho intramolecular Hbond substituents is 1. The van der Waals surface area contributed by atoms with Crippen molar-refractivity contribution < 1.29 is 5.11 Å². The van der Waals surface area contributed by atoms with Crippen LogP contribution in [0.15, 0.2) is 67.3 Å². The van der Waals surface area contributed by atoms with Gasteiger partial charge >= 0.3 is 0 Å². The fourth-order valence-corrected chi connectivity index (χ4v) is 3.92. The average Bonchev–Trinajstić information content (AvgIpc) is 3.41. The van der Waals surface area contributed by atoms with Gasteiger partial charge in [0.1, 0.15) is 11.6 Å². The SMILES string of the molecule is CC(C)(C)n1c(-c2cc(O)ccc2-n2cccn2)nc2cc(-c3cnc(N)nc3)ccc21. The second-order valence-corrected chi connectivity index (χ2v) is 8.63. The third-order valence-corrected chi connectivity index (χ3v) is 5.30. The van der Waals surface area contributed by atoms with Crippen molar-refractivity contribution in [3.05, 3.63) is 67.3 Å². The summed E-state index contributed by atoms with van der Waals surface area (Å²) in [6.45, 7) is 6.40. The highest BCUT2D eigenvalue weighted by molar-refractivity contribution is 5.87. The third-order valence-electron chi connectivity index (χ3n) is 5.30. The van der Waals surface area contributed by atoms with Gasteiger partial charge in [0, 0.05) is 41.5 Å². The van der Waals surface area contributed by atoms with E-state index < -0.39 is 0 Å². The molecule has 2 aromatic carbocycles. The van der Waals surface area contributed by atoms with E-state index in [-0.39, 0.29) is 17.2 Å². The molecule has 0 spiro atoms. The number of imidazole rings is 1. The molecule has 0 aliphatic carbocycles. The van der Waals surface area contributed by atoms with Crippen molar-refractivity contribution in [3.8, 4) is 34.0 Å². The second-order valence-electron chi connectivity index (χ2n) is 8.63. The predicted molar refractivity (Wildman–Crippen MR) is 124 cm³/mol. The van der Waals surface area contributed by atoms with Gasteiger partial charge in [0.05, 0.1) is 16.7 Å². The van der Waals surface area contributed by atoms with Gasteiger partial charge in [-0.15, -0.1) is 0 Å². The summed E-state index contributed by atoms with van der Waals surface area (Å²) < 4.78 is 3.96. The van der Waals surface area contributed by atoms with Gasteiger partial charge in [-0.25, -0.2) is 19.6 Å². The molecule has 0 atom stereocenters. The van der Waals surface area contributed by atoms with E-state index in [1.807, 2.05) is 30.5 Å². The van der Waals surface area contributed by atoms with Crippen molar-refractivity contribution in [2.24, 2.45) is 0 Å². The van der Waals surface area contributed by atoms with E-state index in [9.17, 15) is 5.11 Å². The Balaban J connectivity index is 1.77. The van der Waals surface area contributed by atoms with Gasteiger partial charge in [-0.1, -0.05) is 6.07 Å². The Bertz CT molecular complexity index is 1410. The Hall–Kier alpha value is -4.20. The Morgan fingerprint density at radius 2 is 1.75 bits per heavy atom. The van der Waals surface area contributed by atoms with Crippen LogP contribution in [-0.4, -0.2) is 34.4 Å². The predicted octanol–water partition coefficient (Wildman–Crippen LogP) is 4.39. The van der Waals surface area contributed by atoms with Gasteiger partial charge in [-0.05, 0) is 62.7 Å². The van der Waals surface area contributed by atoms with Crippen LogP contribution in [0.3, 0.4) is 0 Å². The number of anilines is 1. The lowest BCUT2D eigenvalue weighted by atomic mass is 10.0. The first-order valence-corrected chi connectivity index (χ1v) is 10.3. The van der Waals surface area contributed by atoms with Crippen LogP contribution in [0.4, 0.5) is 5.95 Å². The molecule has 5 rings (SSSR count). The van der Waals surface area contributed by atoms with Crippen molar-refractivity contribution in [1.82, 2.24) is 29.3 Å². The molecule has 0 fully saturated rings. The molecule has 0 bridgehead atoms. The van der Waals surface area contributed by atoms with Gasteiger partial charge in [-0.2, -0.15) is 5.10 Å². The van der Waals surface area contributed by atoms with Gasteiger partial charge in [0.2, 0.25) is 5.95 Å². The van der Waals surface area contributed by atoms with Crippen LogP contribution >= 0.6 is 0 Å². The minimum Gasteiger partial charge on any atom is -0.508 e. The molecule has 0 saturated heterocycles. The number of nitrogen functional groups attached to an aromatic ring is 1. The standard InChI is InChI=1S/C24H23N7O/c1-24(2,3)31-21-7-5-15(16-13-26-23(25)27-14-16)11-19(21)29-22(31)18-12-17(32)6-8-20(18)30-10-4-9-28-30/h4-14,32H,1-3H3,(H2,25,26,27). The molecule has 0 amide bonds. The molecular weight excluding hydrogens is 402 g/mol. The quantitative estimate of drug-likeness (QED) is 0.444. The first-order valence-electron chi connectivity index (χ1n) is 10.3. The summed E-state index contributed by atoms with van der Waals surface area (Å²) >= 11 is 0. The molecule has 0 radical (unpaired) electrons. The van der Waals surface area contributed by atoms with Crippen molar-refractivity contribution in [2.75, 3.05) is 5.73 Å². The topological polar surface area (TPSA) is 108 Å². The molecule has 8 heteroatoms. The lowest BCUT2D eigenvalue weighted by Crippen LogP contribution is -2.23. The van der Waals surface area contributed by atoms with Crippen LogP contribution in [0.2, 0.25) is 0 Å². The zero-order chi connectivity index (χ0) is 22.5. The highest BCUT2D eigenvalue weighted by atomic mass is 16.3. The number of nitrogens with zero attached hydrogens (tertiary/aromatic N) is 6. The number of rotatable bonds is 3. The van der Waals surface area contributed by atoms with Crippen LogP contribution in [-0.2, 0) is 5.54 Å². The van der Waals surface area contributed by atoms with Crippen LogP contribution in [0.5, 0.6) is 5.75 Å². The van der Waals surface area contributed by atoms with E-state index in [4.69, 9.17) is 10.7 Å². The van der Waals surface area contributed by atoms with Gasteiger partial charge in [-0.3, -0.25) is 0 Å². The van der Waals surface area contributed by atoms with Crippen LogP contribution in [0.1, 0.15) is 20.8 Å². The molecule has 0 aliphatic rings. The number of aromatic hydroxyl groups is 1. The van der Waals surface area contributed by atoms with Crippen LogP contribution < -0.4 is 5.73 Å². The number of fused-ring (bicyclic) bond motifs is 1. The number of hydrogen-bond acceptors (Lipinski definition) is 6. The van der Waals surface area contributed by atoms with Gasteiger partial charge in [0.25, 0.3) is 0 Å². The lowest BCUT2D eigenvalue weighted by molar-refractivity contribution is 0.412. The highest BCUT2D eigenvalue weighted by Gasteiger charge is 2.25. The average molecular weight is 425 g/mol. The molecule has 160 valence electrons. The number of phenols is 1. The monoisotopic (exact) mass is 425 g/mol. The normalized spacial score (nSPS) is 11.8. The maximum Gasteiger partial charge on any atom is 0.219 e. The van der Waals surface area contributed by atoms with Crippen molar-refractivity contribution >= 4 is 17.0 Å². The molecule has 32 heavy (non-hydrogen) atoms. The van der Waals surface area contributed by atoms with E-state index in [0.717, 1.165) is 39.2 Å². The number of hydrogen-bond donors (Lipinski definition) is 2. The maximum absolute atomic E-state index is 10.3. The molecule has 5 aromatic rings. The zero-order valence-corrected chi connectivity index (χ0v) is 18.1. The molecule has 3 N–H and O–H groups in total. The molecule has 3 heterocycles. The van der Waals surface area contributed by atoms with Crippen LogP contribution in [0.25, 0.3) is 39.2 Å². The summed E-state index contributed by atoms with van der Waals surface area (Å²) in [7, 11) is 0. The third kappa shape index (κ3) is 3.35. The molecule has 0 aliphatic heterocycles. The first-order chi connectivity index (χ1) is 15.3. The van der Waals surface area contributed by atoms with Crippen molar-refractivity contribution in [1.29, 1.82) is 0 Å². The Morgan fingerprint density at radius 3 is 2.44 bits per heavy atom. The molecule has 0 saturated carbocycles. The van der Waals surface area contributed by atoms with E-state index in [1.165, 1.54) is 0 Å². The first kappa shape index (κ1) is 19.7.